The van der Waals surface area contributed by atoms with Gasteiger partial charge in [0.1, 0.15) is 24.2 Å². The van der Waals surface area contributed by atoms with Crippen molar-refractivity contribution in [1.29, 1.82) is 0 Å². The largest absolute Gasteiger partial charge is 0.497 e. The van der Waals surface area contributed by atoms with Crippen molar-refractivity contribution < 1.29 is 27.1 Å². The predicted molar refractivity (Wildman–Crippen MR) is 164 cm³/mol. The normalized spacial score (nSPS) is 11.8. The molecule has 0 radical (unpaired) electrons. The molecule has 0 bridgehead atoms. The fourth-order valence-electron chi connectivity index (χ4n) is 4.64. The third-order valence-electron chi connectivity index (χ3n) is 7.01. The fourth-order valence-corrected chi connectivity index (χ4v) is 6.04. The number of amides is 2. The molecule has 0 fully saturated rings. The first-order valence-electron chi connectivity index (χ1n) is 13.6. The van der Waals surface area contributed by atoms with Gasteiger partial charge in [0.15, 0.2) is 0 Å². The molecule has 0 saturated heterocycles. The van der Waals surface area contributed by atoms with E-state index in [1.807, 2.05) is 37.3 Å². The molecule has 0 spiro atoms. The topological polar surface area (TPSA) is 96.0 Å². The second-order valence-corrected chi connectivity index (χ2v) is 11.9. The number of rotatable bonds is 12. The Labute approximate surface area is 251 Å². The van der Waals surface area contributed by atoms with E-state index in [0.29, 0.717) is 11.3 Å². The molecule has 2 amide bonds. The number of nitrogens with zero attached hydrogens (tertiary/aromatic N) is 2. The van der Waals surface area contributed by atoms with Crippen LogP contribution >= 0.6 is 0 Å². The quantitative estimate of drug-likeness (QED) is 0.253. The third kappa shape index (κ3) is 7.78. The highest BCUT2D eigenvalue weighted by Crippen LogP contribution is 2.28. The third-order valence-corrected chi connectivity index (χ3v) is 8.80. The molecule has 4 rings (SSSR count). The maximum absolute atomic E-state index is 14.3. The number of methoxy groups -OCH3 is 1. The van der Waals surface area contributed by atoms with Crippen molar-refractivity contribution in [1.82, 2.24) is 10.2 Å². The Morgan fingerprint density at radius 1 is 0.884 bits per heavy atom. The van der Waals surface area contributed by atoms with Crippen molar-refractivity contribution in [3.05, 3.63) is 126 Å². The number of likely N-dealkylation sites (N-methyl/N-ethyl adjacent to an activating group) is 1. The number of ether oxygens (including phenoxy) is 1. The van der Waals surface area contributed by atoms with Crippen LogP contribution in [-0.4, -0.2) is 51.9 Å². The number of hydrogen-bond donors (Lipinski definition) is 1. The lowest BCUT2D eigenvalue weighted by Gasteiger charge is -2.33. The predicted octanol–water partition coefficient (Wildman–Crippen LogP) is 4.72. The molecule has 43 heavy (non-hydrogen) atoms. The molecule has 0 unspecified atom stereocenters. The second kappa shape index (κ2) is 14.0. The zero-order valence-electron chi connectivity index (χ0n) is 24.2. The summed E-state index contributed by atoms with van der Waals surface area (Å²) in [6.45, 7) is 1.19. The van der Waals surface area contributed by atoms with E-state index in [2.05, 4.69) is 5.32 Å². The molecule has 0 aromatic heterocycles. The van der Waals surface area contributed by atoms with Crippen LogP contribution in [0.15, 0.2) is 108 Å². The Hall–Kier alpha value is -4.70. The molecule has 4 aromatic rings. The van der Waals surface area contributed by atoms with Gasteiger partial charge in [-0.3, -0.25) is 13.9 Å². The van der Waals surface area contributed by atoms with E-state index in [9.17, 15) is 22.4 Å². The average molecular weight is 604 g/mol. The van der Waals surface area contributed by atoms with Gasteiger partial charge in [-0.2, -0.15) is 0 Å². The van der Waals surface area contributed by atoms with E-state index in [1.54, 1.807) is 30.3 Å². The van der Waals surface area contributed by atoms with E-state index < -0.39 is 40.2 Å². The Morgan fingerprint density at radius 2 is 1.56 bits per heavy atom. The molecule has 0 heterocycles. The Morgan fingerprint density at radius 3 is 2.19 bits per heavy atom. The van der Waals surface area contributed by atoms with E-state index in [0.717, 1.165) is 15.4 Å². The fraction of sp³-hybridized carbons (Fsp3) is 0.212. The zero-order chi connectivity index (χ0) is 31.0. The van der Waals surface area contributed by atoms with Crippen LogP contribution in [0.5, 0.6) is 5.75 Å². The van der Waals surface area contributed by atoms with Gasteiger partial charge in [0.05, 0.1) is 17.7 Å². The van der Waals surface area contributed by atoms with Gasteiger partial charge in [-0.25, -0.2) is 12.8 Å². The van der Waals surface area contributed by atoms with Crippen molar-refractivity contribution in [2.75, 3.05) is 25.0 Å². The summed E-state index contributed by atoms with van der Waals surface area (Å²) in [5.41, 5.74) is 2.48. The molecule has 8 nitrogen and oxygen atoms in total. The number of carbonyl (C=O) groups excluding carboxylic acids is 2. The van der Waals surface area contributed by atoms with E-state index in [1.165, 1.54) is 61.5 Å². The summed E-state index contributed by atoms with van der Waals surface area (Å²) in [6, 6.07) is 26.6. The van der Waals surface area contributed by atoms with Crippen LogP contribution in [-0.2, 0) is 32.6 Å². The lowest BCUT2D eigenvalue weighted by atomic mass is 10.0. The van der Waals surface area contributed by atoms with Crippen molar-refractivity contribution in [3.8, 4) is 5.75 Å². The van der Waals surface area contributed by atoms with Crippen molar-refractivity contribution >= 4 is 27.5 Å². The van der Waals surface area contributed by atoms with Gasteiger partial charge in [-0.05, 0) is 54.4 Å². The summed E-state index contributed by atoms with van der Waals surface area (Å²) in [5, 5.41) is 2.64. The number of benzene rings is 4. The lowest BCUT2D eigenvalue weighted by molar-refractivity contribution is -0.139. The number of nitrogens with one attached hydrogen (secondary N) is 1. The van der Waals surface area contributed by atoms with Crippen LogP contribution in [0.25, 0.3) is 0 Å². The number of anilines is 1. The molecule has 224 valence electrons. The summed E-state index contributed by atoms with van der Waals surface area (Å²) >= 11 is 0. The van der Waals surface area contributed by atoms with Gasteiger partial charge in [-0.1, -0.05) is 66.2 Å². The maximum atomic E-state index is 14.3. The van der Waals surface area contributed by atoms with E-state index in [4.69, 9.17) is 4.74 Å². The number of hydrogen-bond acceptors (Lipinski definition) is 5. The highest BCUT2D eigenvalue weighted by atomic mass is 32.2. The first-order valence-corrected chi connectivity index (χ1v) is 15.1. The maximum Gasteiger partial charge on any atom is 0.264 e. The van der Waals surface area contributed by atoms with Crippen LogP contribution < -0.4 is 14.4 Å². The number of sulfonamides is 1. The average Bonchev–Trinajstić information content (AvgIpc) is 3.02. The zero-order valence-corrected chi connectivity index (χ0v) is 25.1. The first kappa shape index (κ1) is 31.2. The molecular formula is C33H34FN3O5S. The van der Waals surface area contributed by atoms with Gasteiger partial charge in [0, 0.05) is 26.1 Å². The minimum absolute atomic E-state index is 0.00550. The highest BCUT2D eigenvalue weighted by Gasteiger charge is 2.34. The molecule has 0 aliphatic heterocycles. The Kier molecular flexibility index (Phi) is 10.2. The van der Waals surface area contributed by atoms with Gasteiger partial charge < -0.3 is 15.0 Å². The Balaban J connectivity index is 1.79. The van der Waals surface area contributed by atoms with Crippen LogP contribution in [0.1, 0.15) is 16.7 Å². The molecule has 0 aliphatic rings. The number of halogens is 1. The molecule has 1 N–H and O–H groups in total. The van der Waals surface area contributed by atoms with Gasteiger partial charge in [0.25, 0.3) is 10.0 Å². The Bertz CT molecular complexity index is 1650. The summed E-state index contributed by atoms with van der Waals surface area (Å²) in [6.07, 6.45) is 0.178. The van der Waals surface area contributed by atoms with Crippen LogP contribution in [0.3, 0.4) is 0 Å². The molecule has 10 heteroatoms. The van der Waals surface area contributed by atoms with E-state index >= 15 is 0 Å². The molecule has 0 saturated carbocycles. The standard InChI is InChI=1S/C33H34FN3O5S/c1-24-12-18-30(19-13-24)43(40,41)37(28-10-7-11-29(21-28)42-3)23-32(38)36(22-26-14-16-27(34)17-15-26)31(33(39)35-2)20-25-8-5-4-6-9-25/h4-19,21,31H,20,22-23H2,1-3H3,(H,35,39)/t31-/m1/s1. The van der Waals surface area contributed by atoms with Crippen LogP contribution in [0.2, 0.25) is 0 Å². The van der Waals surface area contributed by atoms with Crippen molar-refractivity contribution in [2.24, 2.45) is 0 Å². The minimum atomic E-state index is -4.23. The molecular weight excluding hydrogens is 569 g/mol. The molecule has 0 aliphatic carbocycles. The second-order valence-electron chi connectivity index (χ2n) is 9.99. The SMILES string of the molecule is CNC(=O)[C@@H](Cc1ccccc1)N(Cc1ccc(F)cc1)C(=O)CN(c1cccc(OC)c1)S(=O)(=O)c1ccc(C)cc1. The summed E-state index contributed by atoms with van der Waals surface area (Å²) in [5.74, 6) is -1.08. The smallest absolute Gasteiger partial charge is 0.264 e. The first-order chi connectivity index (χ1) is 20.6. The monoisotopic (exact) mass is 603 g/mol. The highest BCUT2D eigenvalue weighted by molar-refractivity contribution is 7.92. The number of aryl methyl sites for hydroxylation is 1. The summed E-state index contributed by atoms with van der Waals surface area (Å²) < 4.78 is 48.2. The minimum Gasteiger partial charge on any atom is -0.497 e. The van der Waals surface area contributed by atoms with Gasteiger partial charge in [-0.15, -0.1) is 0 Å². The van der Waals surface area contributed by atoms with Gasteiger partial charge in [0.2, 0.25) is 11.8 Å². The summed E-state index contributed by atoms with van der Waals surface area (Å²) in [4.78, 5) is 28.9. The van der Waals surface area contributed by atoms with Crippen LogP contribution in [0.4, 0.5) is 10.1 Å². The van der Waals surface area contributed by atoms with Crippen LogP contribution in [0, 0.1) is 12.7 Å². The lowest BCUT2D eigenvalue weighted by Crippen LogP contribution is -2.53. The van der Waals surface area contributed by atoms with E-state index in [-0.39, 0.29) is 23.5 Å². The summed E-state index contributed by atoms with van der Waals surface area (Å²) in [7, 11) is -1.29. The van der Waals surface area contributed by atoms with Crippen molar-refractivity contribution in [2.45, 2.75) is 30.8 Å². The van der Waals surface area contributed by atoms with Gasteiger partial charge >= 0.3 is 0 Å². The number of carbonyl (C=O) groups is 2. The van der Waals surface area contributed by atoms with Crippen molar-refractivity contribution in [3.63, 3.8) is 0 Å². The molecule has 4 aromatic carbocycles. The molecule has 1 atom stereocenters.